The third-order valence-electron chi connectivity index (χ3n) is 1.48. The van der Waals surface area contributed by atoms with Crippen molar-refractivity contribution in [1.82, 2.24) is 0 Å². The molecule has 0 rings (SSSR count). The van der Waals surface area contributed by atoms with Gasteiger partial charge in [0.05, 0.1) is 0 Å². The molecule has 0 aromatic carbocycles. The Labute approximate surface area is 64.8 Å². The molecule has 0 aromatic rings. The molecule has 0 spiro atoms. The van der Waals surface area contributed by atoms with E-state index < -0.39 is 0 Å². The molecule has 0 saturated carbocycles. The van der Waals surface area contributed by atoms with Crippen molar-refractivity contribution in [2.24, 2.45) is 11.8 Å². The summed E-state index contributed by atoms with van der Waals surface area (Å²) in [5.74, 6) is 1.52. The first kappa shape index (κ1) is 9.96. The van der Waals surface area contributed by atoms with Gasteiger partial charge in [-0.05, 0) is 25.2 Å². The third kappa shape index (κ3) is 6.09. The van der Waals surface area contributed by atoms with Gasteiger partial charge in [-0.2, -0.15) is 0 Å². The van der Waals surface area contributed by atoms with Crippen molar-refractivity contribution in [3.05, 3.63) is 0 Å². The highest BCUT2D eigenvalue weighted by molar-refractivity contribution is 4.53. The molecule has 0 aliphatic rings. The topological polar surface area (TPSA) is 9.23 Å². The average molecular weight is 144 g/mol. The van der Waals surface area contributed by atoms with Crippen LogP contribution in [0.3, 0.4) is 0 Å². The highest BCUT2D eigenvalue weighted by Gasteiger charge is 2.03. The summed E-state index contributed by atoms with van der Waals surface area (Å²) in [4.78, 5) is 0. The first-order chi connectivity index (χ1) is 4.66. The van der Waals surface area contributed by atoms with Gasteiger partial charge in [0.1, 0.15) is 0 Å². The fourth-order valence-electron chi connectivity index (χ4n) is 1.19. The zero-order chi connectivity index (χ0) is 7.98. The Morgan fingerprint density at radius 1 is 1.20 bits per heavy atom. The SMILES string of the molecule is CCOC[C@@H](C)CC(C)C. The number of hydrogen-bond acceptors (Lipinski definition) is 1. The lowest BCUT2D eigenvalue weighted by Gasteiger charge is -2.12. The van der Waals surface area contributed by atoms with Gasteiger partial charge < -0.3 is 4.74 Å². The van der Waals surface area contributed by atoms with E-state index in [2.05, 4.69) is 20.8 Å². The Kier molecular flexibility index (Phi) is 5.70. The Balaban J connectivity index is 3.16. The summed E-state index contributed by atoms with van der Waals surface area (Å²) in [6.45, 7) is 10.6. The minimum absolute atomic E-state index is 0.722. The standard InChI is InChI=1S/C9H20O/c1-5-10-7-9(4)6-8(2)3/h8-9H,5-7H2,1-4H3/t9-/m0/s1. The molecule has 1 nitrogen and oxygen atoms in total. The van der Waals surface area contributed by atoms with Crippen LogP contribution >= 0.6 is 0 Å². The van der Waals surface area contributed by atoms with Crippen molar-refractivity contribution in [1.29, 1.82) is 0 Å². The van der Waals surface area contributed by atoms with E-state index in [1.54, 1.807) is 0 Å². The molecule has 0 N–H and O–H groups in total. The van der Waals surface area contributed by atoms with E-state index in [-0.39, 0.29) is 0 Å². The lowest BCUT2D eigenvalue weighted by molar-refractivity contribution is 0.108. The van der Waals surface area contributed by atoms with Crippen LogP contribution in [0.25, 0.3) is 0 Å². The van der Waals surface area contributed by atoms with Gasteiger partial charge in [0.2, 0.25) is 0 Å². The molecule has 0 aliphatic heterocycles. The Bertz CT molecular complexity index is 69.1. The molecule has 0 unspecified atom stereocenters. The lowest BCUT2D eigenvalue weighted by atomic mass is 10.00. The molecule has 0 heterocycles. The summed E-state index contributed by atoms with van der Waals surface area (Å²) >= 11 is 0. The smallest absolute Gasteiger partial charge is 0.0491 e. The zero-order valence-electron chi connectivity index (χ0n) is 7.68. The van der Waals surface area contributed by atoms with Crippen LogP contribution in [0.2, 0.25) is 0 Å². The maximum atomic E-state index is 5.30. The predicted octanol–water partition coefficient (Wildman–Crippen LogP) is 2.71. The second-order valence-corrected chi connectivity index (χ2v) is 3.39. The highest BCUT2D eigenvalue weighted by Crippen LogP contribution is 2.10. The van der Waals surface area contributed by atoms with E-state index in [0.717, 1.165) is 25.0 Å². The molecule has 10 heavy (non-hydrogen) atoms. The normalized spacial score (nSPS) is 14.1. The summed E-state index contributed by atoms with van der Waals surface area (Å²) < 4.78 is 5.30. The molecule has 1 heteroatoms. The van der Waals surface area contributed by atoms with Gasteiger partial charge in [0.15, 0.2) is 0 Å². The largest absolute Gasteiger partial charge is 0.381 e. The predicted molar refractivity (Wildman–Crippen MR) is 45.1 cm³/mol. The van der Waals surface area contributed by atoms with Crippen LogP contribution < -0.4 is 0 Å². The molecule has 0 bridgehead atoms. The number of rotatable bonds is 5. The maximum Gasteiger partial charge on any atom is 0.0491 e. The van der Waals surface area contributed by atoms with Crippen LogP contribution in [-0.2, 0) is 4.74 Å². The van der Waals surface area contributed by atoms with Crippen molar-refractivity contribution in [2.45, 2.75) is 34.1 Å². The highest BCUT2D eigenvalue weighted by atomic mass is 16.5. The molecule has 0 aromatic heterocycles. The van der Waals surface area contributed by atoms with Gasteiger partial charge in [-0.1, -0.05) is 20.8 Å². The Hall–Kier alpha value is -0.0400. The van der Waals surface area contributed by atoms with Crippen molar-refractivity contribution in [3.63, 3.8) is 0 Å². The summed E-state index contributed by atoms with van der Waals surface area (Å²) in [5.41, 5.74) is 0. The van der Waals surface area contributed by atoms with Crippen LogP contribution in [0, 0.1) is 11.8 Å². The van der Waals surface area contributed by atoms with Crippen LogP contribution in [0.5, 0.6) is 0 Å². The quantitative estimate of drug-likeness (QED) is 0.576. The molecule has 62 valence electrons. The monoisotopic (exact) mass is 144 g/mol. The first-order valence-electron chi connectivity index (χ1n) is 4.24. The van der Waals surface area contributed by atoms with E-state index >= 15 is 0 Å². The average Bonchev–Trinajstić information content (AvgIpc) is 1.82. The molecule has 0 fully saturated rings. The Morgan fingerprint density at radius 2 is 1.80 bits per heavy atom. The number of ether oxygens (including phenoxy) is 1. The van der Waals surface area contributed by atoms with Crippen molar-refractivity contribution < 1.29 is 4.74 Å². The molecule has 1 atom stereocenters. The fraction of sp³-hybridized carbons (Fsp3) is 1.00. The van der Waals surface area contributed by atoms with Crippen LogP contribution in [0.1, 0.15) is 34.1 Å². The van der Waals surface area contributed by atoms with E-state index in [4.69, 9.17) is 4.74 Å². The summed E-state index contributed by atoms with van der Waals surface area (Å²) in [6.07, 6.45) is 1.28. The van der Waals surface area contributed by atoms with E-state index in [9.17, 15) is 0 Å². The fourth-order valence-corrected chi connectivity index (χ4v) is 1.19. The zero-order valence-corrected chi connectivity index (χ0v) is 7.68. The second kappa shape index (κ2) is 5.72. The van der Waals surface area contributed by atoms with E-state index in [1.807, 2.05) is 6.92 Å². The van der Waals surface area contributed by atoms with Crippen LogP contribution in [0.15, 0.2) is 0 Å². The third-order valence-corrected chi connectivity index (χ3v) is 1.48. The minimum Gasteiger partial charge on any atom is -0.381 e. The number of hydrogen-bond donors (Lipinski definition) is 0. The van der Waals surface area contributed by atoms with Gasteiger partial charge in [-0.15, -0.1) is 0 Å². The molecule has 0 saturated heterocycles. The molecular formula is C9H20O. The second-order valence-electron chi connectivity index (χ2n) is 3.39. The van der Waals surface area contributed by atoms with Gasteiger partial charge in [0, 0.05) is 13.2 Å². The van der Waals surface area contributed by atoms with Gasteiger partial charge >= 0.3 is 0 Å². The van der Waals surface area contributed by atoms with Crippen molar-refractivity contribution >= 4 is 0 Å². The van der Waals surface area contributed by atoms with Crippen molar-refractivity contribution in [3.8, 4) is 0 Å². The van der Waals surface area contributed by atoms with Crippen LogP contribution in [-0.4, -0.2) is 13.2 Å². The van der Waals surface area contributed by atoms with Gasteiger partial charge in [-0.3, -0.25) is 0 Å². The van der Waals surface area contributed by atoms with Gasteiger partial charge in [-0.25, -0.2) is 0 Å². The lowest BCUT2D eigenvalue weighted by Crippen LogP contribution is -2.08. The van der Waals surface area contributed by atoms with E-state index in [0.29, 0.717) is 0 Å². The Morgan fingerprint density at radius 3 is 2.20 bits per heavy atom. The maximum absolute atomic E-state index is 5.30. The molecule has 0 aliphatic carbocycles. The molecule has 0 amide bonds. The molecule has 0 radical (unpaired) electrons. The minimum atomic E-state index is 0.722. The summed E-state index contributed by atoms with van der Waals surface area (Å²) in [5, 5.41) is 0. The van der Waals surface area contributed by atoms with E-state index in [1.165, 1.54) is 6.42 Å². The van der Waals surface area contributed by atoms with Crippen LogP contribution in [0.4, 0.5) is 0 Å². The van der Waals surface area contributed by atoms with Crippen molar-refractivity contribution in [2.75, 3.05) is 13.2 Å². The summed E-state index contributed by atoms with van der Waals surface area (Å²) in [6, 6.07) is 0. The first-order valence-corrected chi connectivity index (χ1v) is 4.24. The van der Waals surface area contributed by atoms with Gasteiger partial charge in [0.25, 0.3) is 0 Å². The summed E-state index contributed by atoms with van der Waals surface area (Å²) in [7, 11) is 0. The molecular weight excluding hydrogens is 124 g/mol.